The number of nitrogens with one attached hydrogen (secondary N) is 2. The average molecular weight is 288 g/mol. The number of aromatic amines is 1. The molecule has 112 valence electrons. The number of ether oxygens (including phenoxy) is 1. The lowest BCUT2D eigenvalue weighted by atomic mass is 10.0. The van der Waals surface area contributed by atoms with Crippen molar-refractivity contribution in [3.8, 4) is 0 Å². The Morgan fingerprint density at radius 3 is 2.81 bits per heavy atom. The summed E-state index contributed by atoms with van der Waals surface area (Å²) in [5.74, 6) is -0.558. The minimum Gasteiger partial charge on any atom is -0.467 e. The van der Waals surface area contributed by atoms with E-state index in [1.54, 1.807) is 0 Å². The summed E-state index contributed by atoms with van der Waals surface area (Å²) in [6.07, 6.45) is 3.42. The number of hydrogen-bond donors (Lipinski definition) is 2. The molecule has 0 aliphatic heterocycles. The zero-order chi connectivity index (χ0) is 15.2. The second-order valence-electron chi connectivity index (χ2n) is 4.96. The van der Waals surface area contributed by atoms with Crippen molar-refractivity contribution < 1.29 is 14.3 Å². The summed E-state index contributed by atoms with van der Waals surface area (Å²) in [5, 5.41) is 3.80. The van der Waals surface area contributed by atoms with Crippen LogP contribution in [0.25, 0.3) is 10.9 Å². The van der Waals surface area contributed by atoms with Crippen LogP contribution in [0.5, 0.6) is 0 Å². The number of hydrogen-bond acceptors (Lipinski definition) is 3. The van der Waals surface area contributed by atoms with Gasteiger partial charge in [-0.25, -0.2) is 4.79 Å². The summed E-state index contributed by atoms with van der Waals surface area (Å²) in [5.41, 5.74) is 1.99. The first-order valence-electron chi connectivity index (χ1n) is 7.08. The Bertz CT molecular complexity index is 633. The van der Waals surface area contributed by atoms with Crippen molar-refractivity contribution in [3.05, 3.63) is 36.0 Å². The molecular weight excluding hydrogens is 268 g/mol. The van der Waals surface area contributed by atoms with Crippen LogP contribution in [0.15, 0.2) is 30.5 Å². The highest BCUT2D eigenvalue weighted by atomic mass is 16.5. The molecule has 1 atom stereocenters. The van der Waals surface area contributed by atoms with E-state index in [0.29, 0.717) is 12.8 Å². The highest BCUT2D eigenvalue weighted by Gasteiger charge is 2.22. The highest BCUT2D eigenvalue weighted by molar-refractivity contribution is 5.87. The Kier molecular flexibility index (Phi) is 4.98. The second-order valence-corrected chi connectivity index (χ2v) is 4.96. The van der Waals surface area contributed by atoms with Crippen LogP contribution in [-0.2, 0) is 20.7 Å². The molecule has 0 aliphatic rings. The normalized spacial score (nSPS) is 12.1. The molecule has 0 bridgehead atoms. The van der Waals surface area contributed by atoms with Gasteiger partial charge in [-0.1, -0.05) is 25.1 Å². The minimum atomic E-state index is -0.659. The van der Waals surface area contributed by atoms with Crippen LogP contribution in [0, 0.1) is 0 Å². The third-order valence-electron chi connectivity index (χ3n) is 3.40. The SMILES string of the molecule is CCCC(=O)N[C@@H](Cc1c[nH]c2ccccc12)C(=O)OC. The van der Waals surface area contributed by atoms with Gasteiger partial charge in [0.2, 0.25) is 5.91 Å². The predicted octanol–water partition coefficient (Wildman–Crippen LogP) is 2.17. The maximum atomic E-state index is 11.9. The number of carbonyl (C=O) groups is 2. The Morgan fingerprint density at radius 2 is 2.10 bits per heavy atom. The van der Waals surface area contributed by atoms with Gasteiger partial charge in [0.25, 0.3) is 0 Å². The topological polar surface area (TPSA) is 71.2 Å². The molecule has 1 aromatic heterocycles. The van der Waals surface area contributed by atoms with Crippen LogP contribution in [0.2, 0.25) is 0 Å². The third kappa shape index (κ3) is 3.62. The number of para-hydroxylation sites is 1. The molecule has 0 fully saturated rings. The number of H-pyrrole nitrogens is 1. The van der Waals surface area contributed by atoms with Crippen LogP contribution in [-0.4, -0.2) is 30.0 Å². The fourth-order valence-corrected chi connectivity index (χ4v) is 2.35. The molecule has 1 amide bonds. The van der Waals surface area contributed by atoms with E-state index in [9.17, 15) is 9.59 Å². The van der Waals surface area contributed by atoms with E-state index in [0.717, 1.165) is 22.9 Å². The van der Waals surface area contributed by atoms with E-state index in [1.807, 2.05) is 37.4 Å². The van der Waals surface area contributed by atoms with Crippen molar-refractivity contribution >= 4 is 22.8 Å². The fourth-order valence-electron chi connectivity index (χ4n) is 2.35. The van der Waals surface area contributed by atoms with E-state index in [2.05, 4.69) is 10.3 Å². The molecule has 2 aromatic rings. The van der Waals surface area contributed by atoms with Crippen molar-refractivity contribution in [1.29, 1.82) is 0 Å². The van der Waals surface area contributed by atoms with Crippen LogP contribution in [0.3, 0.4) is 0 Å². The molecule has 5 nitrogen and oxygen atoms in total. The van der Waals surface area contributed by atoms with Crippen molar-refractivity contribution in [2.45, 2.75) is 32.2 Å². The summed E-state index contributed by atoms with van der Waals surface area (Å²) in [6, 6.07) is 7.20. The quantitative estimate of drug-likeness (QED) is 0.800. The van der Waals surface area contributed by atoms with Gasteiger partial charge in [-0.2, -0.15) is 0 Å². The summed E-state index contributed by atoms with van der Waals surface area (Å²) in [6.45, 7) is 1.92. The first-order valence-corrected chi connectivity index (χ1v) is 7.08. The van der Waals surface area contributed by atoms with Gasteiger partial charge >= 0.3 is 5.97 Å². The summed E-state index contributed by atoms with van der Waals surface area (Å²) >= 11 is 0. The maximum Gasteiger partial charge on any atom is 0.328 e. The number of methoxy groups -OCH3 is 1. The minimum absolute atomic E-state index is 0.132. The average Bonchev–Trinajstić information content (AvgIpc) is 2.89. The van der Waals surface area contributed by atoms with Crippen molar-refractivity contribution in [2.24, 2.45) is 0 Å². The maximum absolute atomic E-state index is 11.9. The zero-order valence-electron chi connectivity index (χ0n) is 12.3. The standard InChI is InChI=1S/C16H20N2O3/c1-3-6-15(19)18-14(16(20)21-2)9-11-10-17-13-8-5-4-7-12(11)13/h4-5,7-8,10,14,17H,3,6,9H2,1-2H3,(H,18,19)/t14-/m0/s1. The molecule has 0 saturated heterocycles. The van der Waals surface area contributed by atoms with Gasteiger partial charge in [0.15, 0.2) is 0 Å². The molecule has 0 radical (unpaired) electrons. The van der Waals surface area contributed by atoms with Gasteiger partial charge in [0.05, 0.1) is 7.11 Å². The molecule has 0 aliphatic carbocycles. The smallest absolute Gasteiger partial charge is 0.328 e. The number of esters is 1. The number of benzene rings is 1. The van der Waals surface area contributed by atoms with E-state index in [4.69, 9.17) is 4.74 Å². The van der Waals surface area contributed by atoms with Gasteiger partial charge in [-0.15, -0.1) is 0 Å². The second kappa shape index (κ2) is 6.92. The predicted molar refractivity (Wildman–Crippen MR) is 80.9 cm³/mol. The van der Waals surface area contributed by atoms with Crippen molar-refractivity contribution in [1.82, 2.24) is 10.3 Å². The molecule has 0 spiro atoms. The molecule has 5 heteroatoms. The van der Waals surface area contributed by atoms with Crippen LogP contribution >= 0.6 is 0 Å². The molecule has 2 rings (SSSR count). The molecular formula is C16H20N2O3. The molecule has 21 heavy (non-hydrogen) atoms. The highest BCUT2D eigenvalue weighted by Crippen LogP contribution is 2.19. The van der Waals surface area contributed by atoms with E-state index in [1.165, 1.54) is 7.11 Å². The summed E-state index contributed by atoms with van der Waals surface area (Å²) in [4.78, 5) is 26.8. The number of aromatic nitrogens is 1. The molecule has 1 heterocycles. The lowest BCUT2D eigenvalue weighted by Crippen LogP contribution is -2.42. The van der Waals surface area contributed by atoms with E-state index in [-0.39, 0.29) is 5.91 Å². The monoisotopic (exact) mass is 288 g/mol. The fraction of sp³-hybridized carbons (Fsp3) is 0.375. The van der Waals surface area contributed by atoms with Gasteiger partial charge in [0, 0.05) is 29.9 Å². The van der Waals surface area contributed by atoms with E-state index < -0.39 is 12.0 Å². The Balaban J connectivity index is 2.18. The lowest BCUT2D eigenvalue weighted by Gasteiger charge is -2.16. The number of amides is 1. The largest absolute Gasteiger partial charge is 0.467 e. The summed E-state index contributed by atoms with van der Waals surface area (Å²) < 4.78 is 4.79. The molecule has 0 unspecified atom stereocenters. The first-order chi connectivity index (χ1) is 10.2. The first kappa shape index (κ1) is 15.1. The van der Waals surface area contributed by atoms with Crippen LogP contribution in [0.1, 0.15) is 25.3 Å². The van der Waals surface area contributed by atoms with Crippen LogP contribution in [0.4, 0.5) is 0 Å². The van der Waals surface area contributed by atoms with Crippen LogP contribution < -0.4 is 5.32 Å². The molecule has 2 N–H and O–H groups in total. The van der Waals surface area contributed by atoms with E-state index >= 15 is 0 Å². The van der Waals surface area contributed by atoms with Gasteiger partial charge < -0.3 is 15.0 Å². The zero-order valence-corrected chi connectivity index (χ0v) is 12.3. The third-order valence-corrected chi connectivity index (χ3v) is 3.40. The Labute approximate surface area is 123 Å². The van der Waals surface area contributed by atoms with Crippen molar-refractivity contribution in [3.63, 3.8) is 0 Å². The number of carbonyl (C=O) groups excluding carboxylic acids is 2. The number of rotatable bonds is 6. The van der Waals surface area contributed by atoms with Gasteiger partial charge in [-0.3, -0.25) is 4.79 Å². The number of fused-ring (bicyclic) bond motifs is 1. The lowest BCUT2D eigenvalue weighted by molar-refractivity contribution is -0.145. The van der Waals surface area contributed by atoms with Gasteiger partial charge in [-0.05, 0) is 18.1 Å². The van der Waals surface area contributed by atoms with Gasteiger partial charge in [0.1, 0.15) is 6.04 Å². The Hall–Kier alpha value is -2.30. The summed E-state index contributed by atoms with van der Waals surface area (Å²) in [7, 11) is 1.33. The van der Waals surface area contributed by atoms with Crippen molar-refractivity contribution in [2.75, 3.05) is 7.11 Å². The molecule has 0 saturated carbocycles. The Morgan fingerprint density at radius 1 is 1.33 bits per heavy atom. The molecule has 1 aromatic carbocycles.